The molecule has 2 aromatic carbocycles. The van der Waals surface area contributed by atoms with Crippen LogP contribution in [-0.2, 0) is 7.05 Å². The van der Waals surface area contributed by atoms with Crippen LogP contribution in [0.25, 0.3) is 10.2 Å². The molecule has 0 aliphatic rings. The minimum absolute atomic E-state index is 0.269. The summed E-state index contributed by atoms with van der Waals surface area (Å²) in [7, 11) is 1.87. The van der Waals surface area contributed by atoms with E-state index < -0.39 is 5.91 Å². The lowest BCUT2D eigenvalue weighted by molar-refractivity contribution is 0.0994. The third-order valence-electron chi connectivity index (χ3n) is 4.12. The van der Waals surface area contributed by atoms with Gasteiger partial charge in [0.25, 0.3) is 11.8 Å². The highest BCUT2D eigenvalue weighted by Gasteiger charge is 2.13. The van der Waals surface area contributed by atoms with Crippen LogP contribution in [0.1, 0.15) is 20.0 Å². The van der Waals surface area contributed by atoms with E-state index >= 15 is 0 Å². The number of nitrogens with one attached hydrogen (secondary N) is 1. The van der Waals surface area contributed by atoms with Gasteiger partial charge in [0.15, 0.2) is 4.80 Å². The minimum Gasteiger partial charge on any atom is -0.320 e. The molecule has 0 bridgehead atoms. The average molecular weight is 428 g/mol. The molecule has 0 atom stereocenters. The largest absolute Gasteiger partial charge is 0.320 e. The van der Waals surface area contributed by atoms with Gasteiger partial charge in [-0.1, -0.05) is 41.1 Å². The molecule has 1 N–H and O–H groups in total. The monoisotopic (exact) mass is 427 g/mol. The van der Waals surface area contributed by atoms with Crippen molar-refractivity contribution in [2.45, 2.75) is 0 Å². The normalized spacial score (nSPS) is 11.7. The predicted octanol–water partition coefficient (Wildman–Crippen LogP) is 4.95. The van der Waals surface area contributed by atoms with Crippen LogP contribution in [0.2, 0.25) is 5.02 Å². The van der Waals surface area contributed by atoms with Gasteiger partial charge in [0, 0.05) is 12.6 Å². The molecule has 0 unspecified atom stereocenters. The Morgan fingerprint density at radius 1 is 1.11 bits per heavy atom. The van der Waals surface area contributed by atoms with E-state index in [1.807, 2.05) is 41.3 Å². The molecule has 0 spiro atoms. The van der Waals surface area contributed by atoms with Crippen LogP contribution in [-0.4, -0.2) is 16.4 Å². The lowest BCUT2D eigenvalue weighted by atomic mass is 10.2. The fourth-order valence-corrected chi connectivity index (χ4v) is 4.49. The Morgan fingerprint density at radius 2 is 1.93 bits per heavy atom. The van der Waals surface area contributed by atoms with Gasteiger partial charge in [-0.05, 0) is 41.8 Å². The summed E-state index contributed by atoms with van der Waals surface area (Å²) < 4.78 is 2.93. The molecule has 8 heteroatoms. The van der Waals surface area contributed by atoms with Crippen LogP contribution >= 0.6 is 34.3 Å². The number of thiazole rings is 1. The number of aryl methyl sites for hydroxylation is 1. The first-order chi connectivity index (χ1) is 13.5. The van der Waals surface area contributed by atoms with Gasteiger partial charge in [0.2, 0.25) is 0 Å². The molecule has 0 saturated heterocycles. The summed E-state index contributed by atoms with van der Waals surface area (Å²) in [4.78, 5) is 30.4. The van der Waals surface area contributed by atoms with Crippen molar-refractivity contribution >= 4 is 62.0 Å². The van der Waals surface area contributed by atoms with E-state index in [1.54, 1.807) is 30.3 Å². The number of halogens is 1. The number of para-hydroxylation sites is 1. The van der Waals surface area contributed by atoms with E-state index in [9.17, 15) is 9.59 Å². The van der Waals surface area contributed by atoms with Crippen LogP contribution in [0, 0.1) is 0 Å². The number of fused-ring (bicyclic) bond motifs is 1. The number of amides is 2. The van der Waals surface area contributed by atoms with Crippen LogP contribution in [0.3, 0.4) is 0 Å². The molecule has 2 amide bonds. The summed E-state index contributed by atoms with van der Waals surface area (Å²) in [5.41, 5.74) is 1.74. The van der Waals surface area contributed by atoms with E-state index in [1.165, 1.54) is 22.7 Å². The van der Waals surface area contributed by atoms with Crippen molar-refractivity contribution in [2.24, 2.45) is 12.0 Å². The van der Waals surface area contributed by atoms with Gasteiger partial charge >= 0.3 is 0 Å². The van der Waals surface area contributed by atoms with Crippen LogP contribution in [0.5, 0.6) is 0 Å². The van der Waals surface area contributed by atoms with Crippen molar-refractivity contribution in [3.05, 3.63) is 80.2 Å². The lowest BCUT2D eigenvalue weighted by Gasteiger charge is -2.07. The number of hydrogen-bond donors (Lipinski definition) is 1. The van der Waals surface area contributed by atoms with Gasteiger partial charge in [-0.3, -0.25) is 9.59 Å². The van der Waals surface area contributed by atoms with Gasteiger partial charge < -0.3 is 9.88 Å². The number of rotatable bonds is 3. The highest BCUT2D eigenvalue weighted by Crippen LogP contribution is 2.25. The van der Waals surface area contributed by atoms with E-state index in [0.717, 1.165) is 10.2 Å². The Bertz CT molecular complexity index is 1260. The van der Waals surface area contributed by atoms with Crippen molar-refractivity contribution in [1.82, 2.24) is 4.57 Å². The fourth-order valence-electron chi connectivity index (χ4n) is 2.69. The molecule has 140 valence electrons. The first-order valence-electron chi connectivity index (χ1n) is 8.31. The molecule has 0 saturated carbocycles. The zero-order chi connectivity index (χ0) is 19.7. The molecule has 0 radical (unpaired) electrons. The van der Waals surface area contributed by atoms with Crippen LogP contribution < -0.4 is 10.1 Å². The van der Waals surface area contributed by atoms with Crippen molar-refractivity contribution in [3.8, 4) is 0 Å². The Hall–Kier alpha value is -2.74. The second-order valence-corrected chi connectivity index (χ2v) is 8.32. The Morgan fingerprint density at radius 3 is 2.68 bits per heavy atom. The second kappa shape index (κ2) is 7.71. The Labute approximate surface area is 173 Å². The molecule has 2 heterocycles. The summed E-state index contributed by atoms with van der Waals surface area (Å²) in [6.45, 7) is 0. The maximum atomic E-state index is 12.7. The van der Waals surface area contributed by atoms with Crippen LogP contribution in [0.15, 0.2) is 65.0 Å². The van der Waals surface area contributed by atoms with E-state index in [2.05, 4.69) is 10.3 Å². The third kappa shape index (κ3) is 3.64. The van der Waals surface area contributed by atoms with Crippen molar-refractivity contribution < 1.29 is 9.59 Å². The first-order valence-corrected chi connectivity index (χ1v) is 10.4. The lowest BCUT2D eigenvalue weighted by Crippen LogP contribution is -2.14. The second-order valence-electron chi connectivity index (χ2n) is 5.95. The molecule has 0 fully saturated rings. The van der Waals surface area contributed by atoms with E-state index in [4.69, 9.17) is 11.6 Å². The van der Waals surface area contributed by atoms with Crippen molar-refractivity contribution in [1.29, 1.82) is 0 Å². The SMILES string of the molecule is Cn1c(=NC(=O)c2ccc(Cl)c(NC(=O)c3cccs3)c2)sc2ccccc21. The van der Waals surface area contributed by atoms with Gasteiger partial charge in [-0.2, -0.15) is 4.99 Å². The summed E-state index contributed by atoms with van der Waals surface area (Å²) in [6, 6.07) is 16.1. The van der Waals surface area contributed by atoms with Crippen molar-refractivity contribution in [3.63, 3.8) is 0 Å². The van der Waals surface area contributed by atoms with Gasteiger partial charge in [-0.15, -0.1) is 11.3 Å². The molecule has 0 aliphatic carbocycles. The number of benzene rings is 2. The zero-order valence-electron chi connectivity index (χ0n) is 14.7. The molecule has 4 rings (SSSR count). The zero-order valence-corrected chi connectivity index (χ0v) is 17.1. The highest BCUT2D eigenvalue weighted by molar-refractivity contribution is 7.16. The summed E-state index contributed by atoms with van der Waals surface area (Å²) in [5, 5.41) is 4.92. The molecule has 2 aromatic heterocycles. The summed E-state index contributed by atoms with van der Waals surface area (Å²) >= 11 is 8.96. The van der Waals surface area contributed by atoms with Crippen LogP contribution in [0.4, 0.5) is 5.69 Å². The number of carbonyl (C=O) groups is 2. The summed E-state index contributed by atoms with van der Waals surface area (Å²) in [6.07, 6.45) is 0. The van der Waals surface area contributed by atoms with E-state index in [-0.39, 0.29) is 5.91 Å². The molecular weight excluding hydrogens is 414 g/mol. The fraction of sp³-hybridized carbons (Fsp3) is 0.0500. The Balaban J connectivity index is 1.66. The highest BCUT2D eigenvalue weighted by atomic mass is 35.5. The maximum absolute atomic E-state index is 12.7. The van der Waals surface area contributed by atoms with Gasteiger partial charge in [0.1, 0.15) is 0 Å². The Kier molecular flexibility index (Phi) is 5.13. The molecule has 0 aliphatic heterocycles. The van der Waals surface area contributed by atoms with Crippen molar-refractivity contribution in [2.75, 3.05) is 5.32 Å². The first kappa shape index (κ1) is 18.6. The molecular formula is C20H14ClN3O2S2. The maximum Gasteiger partial charge on any atom is 0.279 e. The minimum atomic E-state index is -0.398. The van der Waals surface area contributed by atoms with Gasteiger partial charge in [-0.25, -0.2) is 0 Å². The molecule has 5 nitrogen and oxygen atoms in total. The number of aromatic nitrogens is 1. The topological polar surface area (TPSA) is 63.5 Å². The quantitative estimate of drug-likeness (QED) is 0.502. The number of carbonyl (C=O) groups excluding carboxylic acids is 2. The average Bonchev–Trinajstić information content (AvgIpc) is 3.33. The third-order valence-corrected chi connectivity index (χ3v) is 6.43. The molecule has 4 aromatic rings. The number of anilines is 1. The summed E-state index contributed by atoms with van der Waals surface area (Å²) in [5.74, 6) is -0.667. The number of nitrogens with zero attached hydrogens (tertiary/aromatic N) is 2. The smallest absolute Gasteiger partial charge is 0.279 e. The van der Waals surface area contributed by atoms with E-state index in [0.29, 0.717) is 26.0 Å². The van der Waals surface area contributed by atoms with Gasteiger partial charge in [0.05, 0.1) is 25.8 Å². The molecule has 28 heavy (non-hydrogen) atoms. The predicted molar refractivity (Wildman–Crippen MR) is 114 cm³/mol. The number of thiophene rings is 1. The number of hydrogen-bond acceptors (Lipinski definition) is 4. The standard InChI is InChI=1S/C20H14ClN3O2S2/c1-24-15-5-2-3-6-16(15)28-20(24)23-18(25)12-8-9-13(21)14(11-12)22-19(26)17-7-4-10-27-17/h2-11H,1H3,(H,22,26).